The number of ether oxygens (including phenoxy) is 1. The molecule has 4 heteroatoms. The second kappa shape index (κ2) is 2.95. The van der Waals surface area contributed by atoms with Gasteiger partial charge in [0.25, 0.3) is 0 Å². The maximum absolute atomic E-state index is 11.3. The van der Waals surface area contributed by atoms with Gasteiger partial charge in [-0.15, -0.1) is 0 Å². The zero-order valence-electron chi connectivity index (χ0n) is 7.81. The second-order valence-electron chi connectivity index (χ2n) is 3.41. The fourth-order valence-corrected chi connectivity index (χ4v) is 1.71. The van der Waals surface area contributed by atoms with Gasteiger partial charge in [-0.1, -0.05) is 0 Å². The summed E-state index contributed by atoms with van der Waals surface area (Å²) in [6.07, 6.45) is 4.87. The van der Waals surface area contributed by atoms with Crippen molar-refractivity contribution < 1.29 is 9.53 Å². The van der Waals surface area contributed by atoms with E-state index in [1.54, 1.807) is 12.3 Å². The molecule has 4 nitrogen and oxygen atoms in total. The van der Waals surface area contributed by atoms with Gasteiger partial charge >= 0.3 is 5.97 Å². The van der Waals surface area contributed by atoms with E-state index in [1.165, 1.54) is 6.26 Å². The molecule has 0 amide bonds. The quantitative estimate of drug-likeness (QED) is 0.713. The number of hydrogen-bond donors (Lipinski definition) is 1. The van der Waals surface area contributed by atoms with E-state index in [4.69, 9.17) is 4.74 Å². The van der Waals surface area contributed by atoms with Gasteiger partial charge in [0.1, 0.15) is 11.6 Å². The summed E-state index contributed by atoms with van der Waals surface area (Å²) in [5.74, 6) is -0.569. The highest BCUT2D eigenvalue weighted by Gasteiger charge is 2.25. The van der Waals surface area contributed by atoms with Crippen LogP contribution < -0.4 is 0 Å². The molecule has 0 saturated carbocycles. The SMILES string of the molecule is O=C1OC=CC1c1cc2cccnc2[nH]1. The first-order valence-corrected chi connectivity index (χ1v) is 4.65. The van der Waals surface area contributed by atoms with E-state index in [9.17, 15) is 4.79 Å². The first-order chi connectivity index (χ1) is 7.34. The molecule has 0 spiro atoms. The molecular formula is C11H8N2O2. The number of rotatable bonds is 1. The van der Waals surface area contributed by atoms with Crippen molar-refractivity contribution >= 4 is 17.0 Å². The van der Waals surface area contributed by atoms with Crippen molar-refractivity contribution in [2.75, 3.05) is 0 Å². The molecule has 0 bridgehead atoms. The van der Waals surface area contributed by atoms with Crippen LogP contribution in [0, 0.1) is 0 Å². The number of pyridine rings is 1. The van der Waals surface area contributed by atoms with Gasteiger partial charge in [-0.3, -0.25) is 4.79 Å². The zero-order chi connectivity index (χ0) is 10.3. The predicted molar refractivity (Wildman–Crippen MR) is 54.1 cm³/mol. The average Bonchev–Trinajstić information content (AvgIpc) is 2.82. The highest BCUT2D eigenvalue weighted by atomic mass is 16.5. The second-order valence-corrected chi connectivity index (χ2v) is 3.41. The standard InChI is InChI=1S/C11H8N2O2/c14-11-8(3-5-15-11)9-6-7-2-1-4-12-10(7)13-9/h1-6,8H,(H,12,13). The number of H-pyrrole nitrogens is 1. The highest BCUT2D eigenvalue weighted by molar-refractivity contribution is 5.85. The highest BCUT2D eigenvalue weighted by Crippen LogP contribution is 2.25. The topological polar surface area (TPSA) is 55.0 Å². The molecule has 1 N–H and O–H groups in total. The van der Waals surface area contributed by atoms with E-state index in [1.807, 2.05) is 18.2 Å². The predicted octanol–water partition coefficient (Wildman–Crippen LogP) is 1.72. The maximum Gasteiger partial charge on any atom is 0.323 e. The summed E-state index contributed by atoms with van der Waals surface area (Å²) < 4.78 is 4.76. The lowest BCUT2D eigenvalue weighted by atomic mass is 10.1. The van der Waals surface area contributed by atoms with E-state index < -0.39 is 0 Å². The molecule has 0 radical (unpaired) electrons. The Hall–Kier alpha value is -2.10. The minimum absolute atomic E-state index is 0.249. The molecule has 3 heterocycles. The third-order valence-electron chi connectivity index (χ3n) is 2.46. The van der Waals surface area contributed by atoms with Gasteiger partial charge < -0.3 is 9.72 Å². The average molecular weight is 200 g/mol. The Labute approximate surface area is 85.6 Å². The number of esters is 1. The number of carbonyl (C=O) groups is 1. The molecule has 1 aliphatic rings. The van der Waals surface area contributed by atoms with Gasteiger partial charge in [-0.2, -0.15) is 0 Å². The Morgan fingerprint density at radius 3 is 3.13 bits per heavy atom. The lowest BCUT2D eigenvalue weighted by molar-refractivity contribution is -0.136. The zero-order valence-corrected chi connectivity index (χ0v) is 7.81. The lowest BCUT2D eigenvalue weighted by Gasteiger charge is -1.99. The summed E-state index contributed by atoms with van der Waals surface area (Å²) in [6, 6.07) is 5.74. The number of carbonyl (C=O) groups excluding carboxylic acids is 1. The summed E-state index contributed by atoms with van der Waals surface area (Å²) in [5.41, 5.74) is 1.61. The number of hydrogen-bond acceptors (Lipinski definition) is 3. The van der Waals surface area contributed by atoms with Crippen molar-refractivity contribution in [3.63, 3.8) is 0 Å². The summed E-state index contributed by atoms with van der Waals surface area (Å²) in [4.78, 5) is 18.6. The summed E-state index contributed by atoms with van der Waals surface area (Å²) in [7, 11) is 0. The first-order valence-electron chi connectivity index (χ1n) is 4.65. The number of nitrogens with one attached hydrogen (secondary N) is 1. The smallest absolute Gasteiger partial charge is 0.323 e. The molecule has 2 aromatic rings. The third kappa shape index (κ3) is 1.22. The first kappa shape index (κ1) is 8.23. The summed E-state index contributed by atoms with van der Waals surface area (Å²) >= 11 is 0. The largest absolute Gasteiger partial charge is 0.434 e. The molecule has 3 rings (SSSR count). The molecule has 1 aliphatic heterocycles. The van der Waals surface area contributed by atoms with E-state index in [2.05, 4.69) is 9.97 Å². The van der Waals surface area contributed by atoms with Crippen LogP contribution >= 0.6 is 0 Å². The monoisotopic (exact) mass is 200 g/mol. The maximum atomic E-state index is 11.3. The fourth-order valence-electron chi connectivity index (χ4n) is 1.71. The number of aromatic amines is 1. The van der Waals surface area contributed by atoms with Crippen molar-refractivity contribution in [1.82, 2.24) is 9.97 Å². The van der Waals surface area contributed by atoms with Gasteiger partial charge in [-0.25, -0.2) is 4.98 Å². The van der Waals surface area contributed by atoms with Crippen LogP contribution in [-0.4, -0.2) is 15.9 Å². The van der Waals surface area contributed by atoms with Gasteiger partial charge in [-0.05, 0) is 24.3 Å². The third-order valence-corrected chi connectivity index (χ3v) is 2.46. The van der Waals surface area contributed by atoms with Gasteiger partial charge in [0.15, 0.2) is 0 Å². The minimum atomic E-state index is -0.320. The van der Waals surface area contributed by atoms with Gasteiger partial charge in [0.05, 0.1) is 6.26 Å². The Bertz CT molecular complexity index is 523. The van der Waals surface area contributed by atoms with Crippen molar-refractivity contribution in [1.29, 1.82) is 0 Å². The Balaban J connectivity index is 2.12. The van der Waals surface area contributed by atoms with Crippen LogP contribution in [0.2, 0.25) is 0 Å². The lowest BCUT2D eigenvalue weighted by Crippen LogP contribution is -2.06. The number of cyclic esters (lactones) is 1. The molecule has 2 aromatic heterocycles. The molecule has 74 valence electrons. The fraction of sp³-hybridized carbons (Fsp3) is 0.0909. The summed E-state index contributed by atoms with van der Waals surface area (Å²) in [6.45, 7) is 0. The van der Waals surface area contributed by atoms with E-state index >= 15 is 0 Å². The number of aromatic nitrogens is 2. The molecule has 0 saturated heterocycles. The van der Waals surface area contributed by atoms with E-state index in [0.29, 0.717) is 0 Å². The van der Waals surface area contributed by atoms with Crippen LogP contribution in [0.15, 0.2) is 36.7 Å². The summed E-state index contributed by atoms with van der Waals surface area (Å²) in [5, 5.41) is 1.00. The Kier molecular flexibility index (Phi) is 1.62. The van der Waals surface area contributed by atoms with Gasteiger partial charge in [0.2, 0.25) is 0 Å². The van der Waals surface area contributed by atoms with Crippen LogP contribution in [0.4, 0.5) is 0 Å². The van der Waals surface area contributed by atoms with Crippen molar-refractivity contribution in [3.05, 3.63) is 42.4 Å². The van der Waals surface area contributed by atoms with Crippen LogP contribution in [0.5, 0.6) is 0 Å². The van der Waals surface area contributed by atoms with Crippen molar-refractivity contribution in [3.8, 4) is 0 Å². The van der Waals surface area contributed by atoms with Gasteiger partial charge in [0, 0.05) is 17.3 Å². The van der Waals surface area contributed by atoms with Crippen LogP contribution in [0.25, 0.3) is 11.0 Å². The van der Waals surface area contributed by atoms with Crippen LogP contribution in [0.1, 0.15) is 11.6 Å². The molecule has 1 atom stereocenters. The normalized spacial score (nSPS) is 19.7. The van der Waals surface area contributed by atoms with E-state index in [-0.39, 0.29) is 11.9 Å². The minimum Gasteiger partial charge on any atom is -0.434 e. The molecular weight excluding hydrogens is 192 g/mol. The van der Waals surface area contributed by atoms with Crippen molar-refractivity contribution in [2.45, 2.75) is 5.92 Å². The van der Waals surface area contributed by atoms with E-state index in [0.717, 1.165) is 16.7 Å². The number of nitrogens with zero attached hydrogens (tertiary/aromatic N) is 1. The Morgan fingerprint density at radius 2 is 2.40 bits per heavy atom. The molecule has 0 aromatic carbocycles. The van der Waals surface area contributed by atoms with Crippen LogP contribution in [0.3, 0.4) is 0 Å². The molecule has 1 unspecified atom stereocenters. The molecule has 15 heavy (non-hydrogen) atoms. The van der Waals surface area contributed by atoms with Crippen LogP contribution in [-0.2, 0) is 9.53 Å². The number of fused-ring (bicyclic) bond motifs is 1. The molecule has 0 fully saturated rings. The molecule has 0 aliphatic carbocycles. The Morgan fingerprint density at radius 1 is 1.47 bits per heavy atom. The van der Waals surface area contributed by atoms with Crippen molar-refractivity contribution in [2.24, 2.45) is 0 Å².